The number of carbonyl (C=O) groups is 1. The lowest BCUT2D eigenvalue weighted by Gasteiger charge is -2.39. The maximum Gasteiger partial charge on any atom is 0.291 e. The first-order chi connectivity index (χ1) is 17.5. The SMILES string of the molecule is C[C@@H]1CCC[C@@H](C)N1CCCNC(=O)Cn1ncc2c3ccccc3n(Cc3ccccc3)c2c1=O. The molecule has 188 valence electrons. The number of amides is 1. The summed E-state index contributed by atoms with van der Waals surface area (Å²) < 4.78 is 3.33. The number of hydrogen-bond acceptors (Lipinski definition) is 4. The van der Waals surface area contributed by atoms with E-state index in [-0.39, 0.29) is 18.0 Å². The minimum atomic E-state index is -0.245. The van der Waals surface area contributed by atoms with Crippen molar-refractivity contribution < 1.29 is 4.79 Å². The van der Waals surface area contributed by atoms with Crippen LogP contribution in [0.25, 0.3) is 21.8 Å². The zero-order chi connectivity index (χ0) is 25.1. The zero-order valence-electron chi connectivity index (χ0n) is 21.2. The number of likely N-dealkylation sites (tertiary alicyclic amines) is 1. The summed E-state index contributed by atoms with van der Waals surface area (Å²) >= 11 is 0. The molecule has 4 aromatic rings. The Labute approximate surface area is 211 Å². The minimum absolute atomic E-state index is 0.0852. The summed E-state index contributed by atoms with van der Waals surface area (Å²) in [4.78, 5) is 28.8. The van der Waals surface area contributed by atoms with E-state index in [2.05, 4.69) is 41.3 Å². The van der Waals surface area contributed by atoms with Gasteiger partial charge in [-0.05, 0) is 44.7 Å². The average molecular weight is 486 g/mol. The fourth-order valence-corrected chi connectivity index (χ4v) is 5.63. The number of fused-ring (bicyclic) bond motifs is 3. The van der Waals surface area contributed by atoms with Crippen molar-refractivity contribution in [2.24, 2.45) is 0 Å². The molecule has 36 heavy (non-hydrogen) atoms. The highest BCUT2D eigenvalue weighted by molar-refractivity contribution is 6.07. The van der Waals surface area contributed by atoms with E-state index in [1.165, 1.54) is 23.9 Å². The molecule has 2 aromatic heterocycles. The van der Waals surface area contributed by atoms with Gasteiger partial charge in [-0.25, -0.2) is 4.68 Å². The minimum Gasteiger partial charge on any atom is -0.354 e. The number of benzene rings is 2. The molecule has 3 heterocycles. The molecular formula is C29H35N5O2. The molecule has 5 rings (SSSR count). The molecule has 0 unspecified atom stereocenters. The second-order valence-corrected chi connectivity index (χ2v) is 10.0. The third-order valence-corrected chi connectivity index (χ3v) is 7.54. The normalized spacial score (nSPS) is 18.6. The van der Waals surface area contributed by atoms with Crippen molar-refractivity contribution in [2.75, 3.05) is 13.1 Å². The van der Waals surface area contributed by atoms with Crippen LogP contribution in [0.3, 0.4) is 0 Å². The molecule has 1 aliphatic heterocycles. The van der Waals surface area contributed by atoms with Gasteiger partial charge in [0.1, 0.15) is 12.1 Å². The van der Waals surface area contributed by atoms with Gasteiger partial charge in [-0.3, -0.25) is 14.5 Å². The van der Waals surface area contributed by atoms with E-state index in [1.54, 1.807) is 6.20 Å². The van der Waals surface area contributed by atoms with Crippen molar-refractivity contribution in [2.45, 2.75) is 64.7 Å². The van der Waals surface area contributed by atoms with Crippen LogP contribution in [0.4, 0.5) is 0 Å². The van der Waals surface area contributed by atoms with Gasteiger partial charge in [-0.1, -0.05) is 55.0 Å². The first-order valence-corrected chi connectivity index (χ1v) is 13.1. The van der Waals surface area contributed by atoms with E-state index in [1.807, 2.05) is 47.0 Å². The molecule has 7 nitrogen and oxygen atoms in total. The standard InChI is InChI=1S/C29H35N5O2/c1-21-10-8-11-22(2)32(21)17-9-16-30-27(35)20-34-29(36)28-25(18-31-34)24-14-6-7-15-26(24)33(28)19-23-12-4-3-5-13-23/h3-7,12-15,18,21-22H,8-11,16-17,19-20H2,1-2H3,(H,30,35)/t21-,22-/m1/s1. The lowest BCUT2D eigenvalue weighted by Crippen LogP contribution is -2.45. The fourth-order valence-electron chi connectivity index (χ4n) is 5.63. The monoisotopic (exact) mass is 485 g/mol. The number of aromatic nitrogens is 3. The van der Waals surface area contributed by atoms with E-state index < -0.39 is 0 Å². The smallest absolute Gasteiger partial charge is 0.291 e. The zero-order valence-corrected chi connectivity index (χ0v) is 21.2. The van der Waals surface area contributed by atoms with Gasteiger partial charge in [0.15, 0.2) is 0 Å². The fraction of sp³-hybridized carbons (Fsp3) is 0.414. The Balaban J connectivity index is 1.32. The number of para-hydroxylation sites is 1. The molecule has 2 atom stereocenters. The Morgan fingerprint density at radius 2 is 1.72 bits per heavy atom. The third-order valence-electron chi connectivity index (χ3n) is 7.54. The van der Waals surface area contributed by atoms with Crippen LogP contribution < -0.4 is 10.9 Å². The largest absolute Gasteiger partial charge is 0.354 e. The highest BCUT2D eigenvalue weighted by atomic mass is 16.2. The number of rotatable bonds is 8. The quantitative estimate of drug-likeness (QED) is 0.380. The molecule has 1 saturated heterocycles. The molecule has 0 saturated carbocycles. The Bertz CT molecular complexity index is 1400. The van der Waals surface area contributed by atoms with Gasteiger partial charge in [0.25, 0.3) is 5.56 Å². The van der Waals surface area contributed by atoms with E-state index >= 15 is 0 Å². The van der Waals surface area contributed by atoms with Crippen LogP contribution >= 0.6 is 0 Å². The third kappa shape index (κ3) is 4.93. The van der Waals surface area contributed by atoms with Gasteiger partial charge in [0.05, 0.1) is 6.20 Å². The van der Waals surface area contributed by atoms with E-state index in [4.69, 9.17) is 0 Å². The molecular weight excluding hydrogens is 450 g/mol. The van der Waals surface area contributed by atoms with E-state index in [0.29, 0.717) is 30.7 Å². The molecule has 0 radical (unpaired) electrons. The summed E-state index contributed by atoms with van der Waals surface area (Å²) in [5.74, 6) is -0.186. The predicted molar refractivity (Wildman–Crippen MR) is 144 cm³/mol. The molecule has 0 bridgehead atoms. The van der Waals surface area contributed by atoms with Gasteiger partial charge < -0.3 is 9.88 Å². The number of nitrogens with zero attached hydrogens (tertiary/aromatic N) is 4. The van der Waals surface area contributed by atoms with Gasteiger partial charge >= 0.3 is 0 Å². The van der Waals surface area contributed by atoms with Crippen molar-refractivity contribution in [1.29, 1.82) is 0 Å². The maximum absolute atomic E-state index is 13.5. The summed E-state index contributed by atoms with van der Waals surface area (Å²) in [5, 5.41) is 9.15. The van der Waals surface area contributed by atoms with E-state index in [9.17, 15) is 9.59 Å². The average Bonchev–Trinajstić information content (AvgIpc) is 3.20. The maximum atomic E-state index is 13.5. The summed E-state index contributed by atoms with van der Waals surface area (Å²) in [6, 6.07) is 19.3. The second kappa shape index (κ2) is 10.7. The molecule has 1 fully saturated rings. The van der Waals surface area contributed by atoms with Crippen LogP contribution in [-0.4, -0.2) is 50.3 Å². The van der Waals surface area contributed by atoms with Crippen LogP contribution in [0, 0.1) is 0 Å². The number of nitrogens with one attached hydrogen (secondary N) is 1. The first-order valence-electron chi connectivity index (χ1n) is 13.1. The molecule has 7 heteroatoms. The predicted octanol–water partition coefficient (Wildman–Crippen LogP) is 4.17. The van der Waals surface area contributed by atoms with Crippen molar-refractivity contribution in [3.63, 3.8) is 0 Å². The Hall–Kier alpha value is -3.45. The Morgan fingerprint density at radius 1 is 1.00 bits per heavy atom. The van der Waals surface area contributed by atoms with Crippen LogP contribution in [0.15, 0.2) is 65.6 Å². The van der Waals surface area contributed by atoms with Gasteiger partial charge in [0, 0.05) is 48.0 Å². The highest BCUT2D eigenvalue weighted by Gasteiger charge is 2.24. The van der Waals surface area contributed by atoms with Crippen molar-refractivity contribution in [3.8, 4) is 0 Å². The van der Waals surface area contributed by atoms with Gasteiger partial charge in [-0.15, -0.1) is 0 Å². The Kier molecular flexibility index (Phi) is 7.18. The van der Waals surface area contributed by atoms with Crippen molar-refractivity contribution in [1.82, 2.24) is 24.6 Å². The lowest BCUT2D eigenvalue weighted by atomic mass is 9.97. The molecule has 1 aliphatic rings. The molecule has 0 spiro atoms. The topological polar surface area (TPSA) is 72.2 Å². The van der Waals surface area contributed by atoms with Crippen LogP contribution in [0.5, 0.6) is 0 Å². The highest BCUT2D eigenvalue weighted by Crippen LogP contribution is 2.27. The number of carbonyl (C=O) groups excluding carboxylic acids is 1. The van der Waals surface area contributed by atoms with Crippen LogP contribution in [0.2, 0.25) is 0 Å². The molecule has 1 N–H and O–H groups in total. The molecule has 0 aliphatic carbocycles. The molecule has 2 aromatic carbocycles. The van der Waals surface area contributed by atoms with Gasteiger partial charge in [-0.2, -0.15) is 5.10 Å². The van der Waals surface area contributed by atoms with E-state index in [0.717, 1.165) is 34.8 Å². The number of piperidine rings is 1. The van der Waals surface area contributed by atoms with Crippen molar-refractivity contribution in [3.05, 3.63) is 76.7 Å². The summed E-state index contributed by atoms with van der Waals surface area (Å²) in [6.45, 7) is 6.65. The first kappa shape index (κ1) is 24.3. The van der Waals surface area contributed by atoms with Crippen LogP contribution in [-0.2, 0) is 17.9 Å². The lowest BCUT2D eigenvalue weighted by molar-refractivity contribution is -0.121. The second-order valence-electron chi connectivity index (χ2n) is 10.0. The Morgan fingerprint density at radius 3 is 2.50 bits per heavy atom. The number of hydrogen-bond donors (Lipinski definition) is 1. The summed E-state index contributed by atoms with van der Waals surface area (Å²) in [5.41, 5.74) is 2.43. The summed E-state index contributed by atoms with van der Waals surface area (Å²) in [7, 11) is 0. The van der Waals surface area contributed by atoms with Crippen LogP contribution in [0.1, 0.15) is 45.1 Å². The van der Waals surface area contributed by atoms with Crippen molar-refractivity contribution >= 4 is 27.7 Å². The van der Waals surface area contributed by atoms with Gasteiger partial charge in [0.2, 0.25) is 5.91 Å². The summed E-state index contributed by atoms with van der Waals surface area (Å²) in [6.07, 6.45) is 6.40. The molecule has 1 amide bonds.